The molecular formula is C14H17F2N3. The van der Waals surface area contributed by atoms with Gasteiger partial charge in [0.2, 0.25) is 0 Å². The number of anilines is 1. The number of nitrogens with two attached hydrogens (primary N) is 1. The molecule has 19 heavy (non-hydrogen) atoms. The minimum atomic E-state index is -0.561. The number of nitrogens with zero attached hydrogens (tertiary/aromatic N) is 2. The largest absolute Gasteiger partial charge is 0.396 e. The highest BCUT2D eigenvalue weighted by atomic mass is 19.1. The minimum Gasteiger partial charge on any atom is -0.396 e. The average Bonchev–Trinajstić information content (AvgIpc) is 2.69. The predicted octanol–water partition coefficient (Wildman–Crippen LogP) is 2.92. The monoisotopic (exact) mass is 265 g/mol. The van der Waals surface area contributed by atoms with Gasteiger partial charge in [0.25, 0.3) is 0 Å². The highest BCUT2D eigenvalue weighted by Gasteiger charge is 2.16. The van der Waals surface area contributed by atoms with E-state index in [0.717, 1.165) is 11.4 Å². The van der Waals surface area contributed by atoms with Crippen molar-refractivity contribution in [3.05, 3.63) is 46.8 Å². The summed E-state index contributed by atoms with van der Waals surface area (Å²) in [6.07, 6.45) is 1.38. The zero-order valence-corrected chi connectivity index (χ0v) is 11.1. The second kappa shape index (κ2) is 5.38. The molecule has 1 heterocycles. The number of hydrogen-bond acceptors (Lipinski definition) is 2. The number of hydrogen-bond donors (Lipinski definition) is 1. The highest BCUT2D eigenvalue weighted by molar-refractivity contribution is 5.48. The average molecular weight is 265 g/mol. The van der Waals surface area contributed by atoms with Gasteiger partial charge in [0.05, 0.1) is 23.6 Å². The fourth-order valence-corrected chi connectivity index (χ4v) is 2.16. The summed E-state index contributed by atoms with van der Waals surface area (Å²) in [6.45, 7) is 3.96. The molecule has 0 aliphatic carbocycles. The minimum absolute atomic E-state index is 0.0161. The molecule has 0 bridgehead atoms. The van der Waals surface area contributed by atoms with Crippen molar-refractivity contribution in [1.82, 2.24) is 9.78 Å². The van der Waals surface area contributed by atoms with Gasteiger partial charge in [0, 0.05) is 5.56 Å². The molecule has 0 aliphatic rings. The smallest absolute Gasteiger partial charge is 0.131 e. The molecule has 3 nitrogen and oxygen atoms in total. The molecule has 102 valence electrons. The SMILES string of the molecule is CCc1nn(Cc2c(F)cccc2F)c(CC)c1N. The van der Waals surface area contributed by atoms with Gasteiger partial charge in [-0.2, -0.15) is 5.10 Å². The lowest BCUT2D eigenvalue weighted by atomic mass is 10.2. The highest BCUT2D eigenvalue weighted by Crippen LogP contribution is 2.21. The standard InChI is InChI=1S/C14H17F2N3/c1-3-12-14(17)13(4-2)19(18-12)8-9-10(15)6-5-7-11(9)16/h5-7H,3-4,8,17H2,1-2H3. The molecule has 0 radical (unpaired) electrons. The lowest BCUT2D eigenvalue weighted by molar-refractivity contribution is 0.526. The first-order valence-electron chi connectivity index (χ1n) is 6.35. The van der Waals surface area contributed by atoms with Crippen LogP contribution in [-0.2, 0) is 19.4 Å². The van der Waals surface area contributed by atoms with Crippen LogP contribution >= 0.6 is 0 Å². The lowest BCUT2D eigenvalue weighted by Gasteiger charge is -2.08. The first kappa shape index (κ1) is 13.5. The maximum atomic E-state index is 13.6. The zero-order valence-electron chi connectivity index (χ0n) is 11.1. The molecule has 0 unspecified atom stereocenters. The number of aryl methyl sites for hydroxylation is 1. The number of aromatic nitrogens is 2. The molecule has 0 aliphatic heterocycles. The molecule has 0 amide bonds. The number of rotatable bonds is 4. The van der Waals surface area contributed by atoms with Gasteiger partial charge in [0.15, 0.2) is 0 Å². The molecule has 0 saturated heterocycles. The number of benzene rings is 1. The number of halogens is 2. The molecular weight excluding hydrogens is 248 g/mol. The molecule has 1 aromatic heterocycles. The van der Waals surface area contributed by atoms with Crippen molar-refractivity contribution in [3.63, 3.8) is 0 Å². The zero-order chi connectivity index (χ0) is 14.0. The van der Waals surface area contributed by atoms with Crippen molar-refractivity contribution in [2.75, 3.05) is 5.73 Å². The van der Waals surface area contributed by atoms with Crippen molar-refractivity contribution in [2.24, 2.45) is 0 Å². The Labute approximate surface area is 111 Å². The van der Waals surface area contributed by atoms with Gasteiger partial charge < -0.3 is 5.73 Å². The first-order chi connectivity index (χ1) is 9.08. The van der Waals surface area contributed by atoms with Crippen LogP contribution in [-0.4, -0.2) is 9.78 Å². The molecule has 0 saturated carbocycles. The van der Waals surface area contributed by atoms with Gasteiger partial charge in [0.1, 0.15) is 11.6 Å². The summed E-state index contributed by atoms with van der Waals surface area (Å²) in [5.41, 5.74) is 8.22. The normalized spacial score (nSPS) is 10.9. The summed E-state index contributed by atoms with van der Waals surface area (Å²) >= 11 is 0. The third-order valence-corrected chi connectivity index (χ3v) is 3.21. The Bertz CT molecular complexity index is 570. The van der Waals surface area contributed by atoms with Crippen molar-refractivity contribution >= 4 is 5.69 Å². The molecule has 0 spiro atoms. The van der Waals surface area contributed by atoms with Gasteiger partial charge in [-0.15, -0.1) is 0 Å². The van der Waals surface area contributed by atoms with Crippen LogP contribution in [0.1, 0.15) is 30.8 Å². The fourth-order valence-electron chi connectivity index (χ4n) is 2.16. The lowest BCUT2D eigenvalue weighted by Crippen LogP contribution is -2.09. The summed E-state index contributed by atoms with van der Waals surface area (Å²) in [6, 6.07) is 3.85. The van der Waals surface area contributed by atoms with Crippen molar-refractivity contribution in [1.29, 1.82) is 0 Å². The Kier molecular flexibility index (Phi) is 3.83. The van der Waals surface area contributed by atoms with Crippen LogP contribution in [0.5, 0.6) is 0 Å². The molecule has 0 fully saturated rings. The van der Waals surface area contributed by atoms with E-state index in [0.29, 0.717) is 18.5 Å². The van der Waals surface area contributed by atoms with E-state index in [-0.39, 0.29) is 12.1 Å². The Morgan fingerprint density at radius 3 is 2.32 bits per heavy atom. The second-order valence-electron chi connectivity index (χ2n) is 4.37. The molecule has 0 atom stereocenters. The Hall–Kier alpha value is -1.91. The van der Waals surface area contributed by atoms with E-state index in [1.165, 1.54) is 18.2 Å². The van der Waals surface area contributed by atoms with Crippen molar-refractivity contribution in [3.8, 4) is 0 Å². The van der Waals surface area contributed by atoms with Gasteiger partial charge in [-0.3, -0.25) is 4.68 Å². The summed E-state index contributed by atoms with van der Waals surface area (Å²) in [5, 5.41) is 4.33. The van der Waals surface area contributed by atoms with Gasteiger partial charge >= 0.3 is 0 Å². The summed E-state index contributed by atoms with van der Waals surface area (Å²) in [4.78, 5) is 0. The second-order valence-corrected chi connectivity index (χ2v) is 4.37. The Balaban J connectivity index is 2.43. The fraction of sp³-hybridized carbons (Fsp3) is 0.357. The Morgan fingerprint density at radius 1 is 1.16 bits per heavy atom. The van der Waals surface area contributed by atoms with E-state index in [1.54, 1.807) is 4.68 Å². The third kappa shape index (κ3) is 2.45. The first-order valence-corrected chi connectivity index (χ1v) is 6.35. The predicted molar refractivity (Wildman–Crippen MR) is 70.9 cm³/mol. The Morgan fingerprint density at radius 2 is 1.79 bits per heavy atom. The van der Waals surface area contributed by atoms with E-state index >= 15 is 0 Å². The topological polar surface area (TPSA) is 43.8 Å². The van der Waals surface area contributed by atoms with Gasteiger partial charge in [-0.25, -0.2) is 8.78 Å². The van der Waals surface area contributed by atoms with Crippen LogP contribution in [0.4, 0.5) is 14.5 Å². The van der Waals surface area contributed by atoms with Crippen molar-refractivity contribution < 1.29 is 8.78 Å². The van der Waals surface area contributed by atoms with Crippen LogP contribution in [0.25, 0.3) is 0 Å². The molecule has 2 aromatic rings. The third-order valence-electron chi connectivity index (χ3n) is 3.21. The summed E-state index contributed by atoms with van der Waals surface area (Å²) < 4.78 is 28.9. The van der Waals surface area contributed by atoms with E-state index < -0.39 is 11.6 Å². The molecule has 2 rings (SSSR count). The van der Waals surface area contributed by atoms with Crippen molar-refractivity contribution in [2.45, 2.75) is 33.2 Å². The summed E-state index contributed by atoms with van der Waals surface area (Å²) in [5.74, 6) is -1.12. The van der Waals surface area contributed by atoms with Gasteiger partial charge in [-0.1, -0.05) is 19.9 Å². The maximum absolute atomic E-state index is 13.6. The van der Waals surface area contributed by atoms with Crippen LogP contribution in [0, 0.1) is 11.6 Å². The van der Waals surface area contributed by atoms with Gasteiger partial charge in [-0.05, 0) is 25.0 Å². The van der Waals surface area contributed by atoms with E-state index in [4.69, 9.17) is 5.73 Å². The number of nitrogen functional groups attached to an aromatic ring is 1. The molecule has 5 heteroatoms. The van der Waals surface area contributed by atoms with Crippen LogP contribution in [0.2, 0.25) is 0 Å². The molecule has 2 N–H and O–H groups in total. The van der Waals surface area contributed by atoms with E-state index in [2.05, 4.69) is 5.10 Å². The van der Waals surface area contributed by atoms with Crippen LogP contribution in [0.3, 0.4) is 0 Å². The van der Waals surface area contributed by atoms with E-state index in [1.807, 2.05) is 13.8 Å². The molecule has 1 aromatic carbocycles. The van der Waals surface area contributed by atoms with E-state index in [9.17, 15) is 8.78 Å². The maximum Gasteiger partial charge on any atom is 0.131 e. The summed E-state index contributed by atoms with van der Waals surface area (Å²) in [7, 11) is 0. The van der Waals surface area contributed by atoms with Crippen LogP contribution < -0.4 is 5.73 Å². The quantitative estimate of drug-likeness (QED) is 0.923. The van der Waals surface area contributed by atoms with Crippen LogP contribution in [0.15, 0.2) is 18.2 Å².